The normalized spacial score (nSPS) is 14.9. The Balaban J connectivity index is 1.78. The first kappa shape index (κ1) is 18.9. The lowest BCUT2D eigenvalue weighted by molar-refractivity contribution is -0.173. The molecule has 3 amide bonds. The molecule has 0 atom stereocenters. The van der Waals surface area contributed by atoms with Gasteiger partial charge >= 0.3 is 6.18 Å². The van der Waals surface area contributed by atoms with E-state index in [2.05, 4.69) is 10.1 Å². The number of halogens is 3. The average Bonchev–Trinajstić information content (AvgIpc) is 2.86. The van der Waals surface area contributed by atoms with E-state index in [1.165, 1.54) is 17.0 Å². The van der Waals surface area contributed by atoms with Gasteiger partial charge in [-0.25, -0.2) is 0 Å². The predicted octanol–water partition coefficient (Wildman–Crippen LogP) is 1.64. The van der Waals surface area contributed by atoms with Gasteiger partial charge in [-0.3, -0.25) is 19.3 Å². The number of likely N-dealkylation sites (tertiary alicyclic amines) is 1. The first-order chi connectivity index (χ1) is 11.8. The zero-order valence-electron chi connectivity index (χ0n) is 13.3. The van der Waals surface area contributed by atoms with Crippen molar-refractivity contribution in [1.82, 2.24) is 10.2 Å². The van der Waals surface area contributed by atoms with Gasteiger partial charge in [0.2, 0.25) is 11.8 Å². The van der Waals surface area contributed by atoms with Crippen molar-refractivity contribution in [2.24, 2.45) is 0 Å². The van der Waals surface area contributed by atoms with Crippen LogP contribution in [0.1, 0.15) is 28.8 Å². The summed E-state index contributed by atoms with van der Waals surface area (Å²) in [5, 5.41) is 2.44. The number of alkyl halides is 3. The van der Waals surface area contributed by atoms with Gasteiger partial charge in [0.05, 0.1) is 13.2 Å². The van der Waals surface area contributed by atoms with Crippen LogP contribution in [0.15, 0.2) is 24.3 Å². The molecule has 0 saturated carbocycles. The summed E-state index contributed by atoms with van der Waals surface area (Å²) in [6.07, 6.45) is -3.95. The molecule has 2 rings (SSSR count). The summed E-state index contributed by atoms with van der Waals surface area (Å²) in [4.78, 5) is 36.1. The highest BCUT2D eigenvalue weighted by atomic mass is 19.4. The molecule has 6 nitrogen and oxygen atoms in total. The van der Waals surface area contributed by atoms with Crippen LogP contribution in [0.25, 0.3) is 0 Å². The molecule has 0 spiro atoms. The van der Waals surface area contributed by atoms with Crippen LogP contribution in [0.3, 0.4) is 0 Å². The fourth-order valence-electron chi connectivity index (χ4n) is 2.27. The van der Waals surface area contributed by atoms with Gasteiger partial charge in [-0.15, -0.1) is 0 Å². The Hall–Kier alpha value is -2.42. The van der Waals surface area contributed by atoms with Crippen LogP contribution in [-0.2, 0) is 20.9 Å². The molecule has 1 aromatic rings. The van der Waals surface area contributed by atoms with Crippen LogP contribution in [0.4, 0.5) is 13.2 Å². The molecule has 1 heterocycles. The molecule has 136 valence electrons. The average molecular weight is 358 g/mol. The molecule has 1 N–H and O–H groups in total. The van der Waals surface area contributed by atoms with Crippen molar-refractivity contribution in [1.29, 1.82) is 0 Å². The van der Waals surface area contributed by atoms with Crippen LogP contribution in [0.5, 0.6) is 0 Å². The quantitative estimate of drug-likeness (QED) is 0.594. The summed E-state index contributed by atoms with van der Waals surface area (Å²) in [7, 11) is 0. The van der Waals surface area contributed by atoms with Gasteiger partial charge in [-0.2, -0.15) is 13.2 Å². The minimum atomic E-state index is -4.39. The van der Waals surface area contributed by atoms with E-state index in [0.29, 0.717) is 11.1 Å². The first-order valence-electron chi connectivity index (χ1n) is 7.61. The van der Waals surface area contributed by atoms with Gasteiger partial charge in [0.15, 0.2) is 0 Å². The van der Waals surface area contributed by atoms with Crippen molar-refractivity contribution < 1.29 is 32.3 Å². The zero-order chi connectivity index (χ0) is 18.4. The van der Waals surface area contributed by atoms with Crippen LogP contribution in [0.2, 0.25) is 0 Å². The Morgan fingerprint density at radius 1 is 1.12 bits per heavy atom. The summed E-state index contributed by atoms with van der Waals surface area (Å²) < 4.78 is 40.0. The van der Waals surface area contributed by atoms with E-state index in [1.807, 2.05) is 0 Å². The number of imide groups is 1. The summed E-state index contributed by atoms with van der Waals surface area (Å²) in [5.41, 5.74) is 1.02. The van der Waals surface area contributed by atoms with Gasteiger partial charge in [0, 0.05) is 24.9 Å². The lowest BCUT2D eigenvalue weighted by atomic mass is 10.1. The number of nitrogens with one attached hydrogen (secondary N) is 1. The van der Waals surface area contributed by atoms with E-state index < -0.39 is 18.7 Å². The van der Waals surface area contributed by atoms with Gasteiger partial charge in [-0.1, -0.05) is 12.1 Å². The highest BCUT2D eigenvalue weighted by Gasteiger charge is 2.28. The molecule has 1 aliphatic rings. The molecular formula is C16H17F3N2O4. The third kappa shape index (κ3) is 5.86. The SMILES string of the molecule is O=C(NCCOCC(F)(F)F)c1ccc(CN2C(=O)CCC2=O)cc1. The second kappa shape index (κ2) is 8.11. The summed E-state index contributed by atoms with van der Waals surface area (Å²) >= 11 is 0. The molecule has 0 radical (unpaired) electrons. The van der Waals surface area contributed by atoms with Crippen molar-refractivity contribution in [3.05, 3.63) is 35.4 Å². The second-order valence-corrected chi connectivity index (χ2v) is 5.49. The maximum Gasteiger partial charge on any atom is 0.411 e. The Morgan fingerprint density at radius 2 is 1.72 bits per heavy atom. The van der Waals surface area contributed by atoms with Gasteiger partial charge in [0.1, 0.15) is 6.61 Å². The fourth-order valence-corrected chi connectivity index (χ4v) is 2.27. The van der Waals surface area contributed by atoms with Gasteiger partial charge in [-0.05, 0) is 17.7 Å². The largest absolute Gasteiger partial charge is 0.411 e. The minimum Gasteiger partial charge on any atom is -0.370 e. The summed E-state index contributed by atoms with van der Waals surface area (Å²) in [5.74, 6) is -0.883. The molecule has 0 bridgehead atoms. The van der Waals surface area contributed by atoms with Crippen molar-refractivity contribution in [2.45, 2.75) is 25.6 Å². The highest BCUT2D eigenvalue weighted by molar-refractivity contribution is 6.01. The zero-order valence-corrected chi connectivity index (χ0v) is 13.3. The van der Waals surface area contributed by atoms with Crippen molar-refractivity contribution in [3.8, 4) is 0 Å². The van der Waals surface area contributed by atoms with Crippen LogP contribution in [0, 0.1) is 0 Å². The number of carbonyl (C=O) groups excluding carboxylic acids is 3. The van der Waals surface area contributed by atoms with Crippen molar-refractivity contribution in [2.75, 3.05) is 19.8 Å². The highest BCUT2D eigenvalue weighted by Crippen LogP contribution is 2.16. The van der Waals surface area contributed by atoms with E-state index in [1.54, 1.807) is 12.1 Å². The van der Waals surface area contributed by atoms with E-state index >= 15 is 0 Å². The van der Waals surface area contributed by atoms with E-state index in [9.17, 15) is 27.6 Å². The maximum absolute atomic E-state index is 11.9. The Bertz CT molecular complexity index is 628. The Kier molecular flexibility index (Phi) is 6.13. The molecule has 9 heteroatoms. The third-order valence-corrected chi connectivity index (χ3v) is 3.51. The molecule has 0 unspecified atom stereocenters. The number of hydrogen-bond donors (Lipinski definition) is 1. The first-order valence-corrected chi connectivity index (χ1v) is 7.61. The topological polar surface area (TPSA) is 75.7 Å². The monoisotopic (exact) mass is 358 g/mol. The van der Waals surface area contributed by atoms with Gasteiger partial charge < -0.3 is 10.1 Å². The Morgan fingerprint density at radius 3 is 2.28 bits per heavy atom. The van der Waals surface area contributed by atoms with Crippen molar-refractivity contribution in [3.63, 3.8) is 0 Å². The summed E-state index contributed by atoms with van der Waals surface area (Å²) in [6.45, 7) is -1.49. The lowest BCUT2D eigenvalue weighted by Crippen LogP contribution is -2.29. The predicted molar refractivity (Wildman–Crippen MR) is 80.4 cm³/mol. The fraction of sp³-hybridized carbons (Fsp3) is 0.438. The Labute approximate surface area is 141 Å². The molecule has 1 aromatic carbocycles. The molecule has 1 fully saturated rings. The van der Waals surface area contributed by atoms with Crippen LogP contribution >= 0.6 is 0 Å². The van der Waals surface area contributed by atoms with E-state index in [0.717, 1.165) is 0 Å². The molecule has 1 saturated heterocycles. The smallest absolute Gasteiger partial charge is 0.370 e. The number of ether oxygens (including phenoxy) is 1. The molecule has 0 aromatic heterocycles. The number of rotatable bonds is 7. The van der Waals surface area contributed by atoms with Crippen LogP contribution < -0.4 is 5.32 Å². The number of nitrogens with zero attached hydrogens (tertiary/aromatic N) is 1. The summed E-state index contributed by atoms with van der Waals surface area (Å²) in [6, 6.07) is 6.28. The standard InChI is InChI=1S/C16H17F3N2O4/c17-16(18,19)10-25-8-7-20-15(24)12-3-1-11(2-4-12)9-21-13(22)5-6-14(21)23/h1-4H,5-10H2,(H,20,24). The maximum atomic E-state index is 11.9. The van der Waals surface area contributed by atoms with E-state index in [-0.39, 0.29) is 44.4 Å². The molecule has 0 aliphatic carbocycles. The third-order valence-electron chi connectivity index (χ3n) is 3.51. The molecular weight excluding hydrogens is 341 g/mol. The van der Waals surface area contributed by atoms with Gasteiger partial charge in [0.25, 0.3) is 5.91 Å². The lowest BCUT2D eigenvalue weighted by Gasteiger charge is -2.14. The number of hydrogen-bond acceptors (Lipinski definition) is 4. The molecule has 1 aliphatic heterocycles. The van der Waals surface area contributed by atoms with E-state index in [4.69, 9.17) is 0 Å². The molecule has 25 heavy (non-hydrogen) atoms. The number of carbonyl (C=O) groups is 3. The van der Waals surface area contributed by atoms with Crippen LogP contribution in [-0.4, -0.2) is 48.6 Å². The van der Waals surface area contributed by atoms with Crippen molar-refractivity contribution >= 4 is 17.7 Å². The minimum absolute atomic E-state index is 0.0482. The second-order valence-electron chi connectivity index (χ2n) is 5.49. The number of amides is 3. The number of benzene rings is 1.